The summed E-state index contributed by atoms with van der Waals surface area (Å²) in [4.78, 5) is 12.5. The molecule has 1 aromatic carbocycles. The number of hydrogen-bond acceptors (Lipinski definition) is 5. The third-order valence-corrected chi connectivity index (χ3v) is 5.02. The number of nitrogens with one attached hydrogen (secondary N) is 1. The van der Waals surface area contributed by atoms with E-state index in [1.165, 1.54) is 0 Å². The van der Waals surface area contributed by atoms with Crippen LogP contribution in [-0.4, -0.2) is 28.8 Å². The van der Waals surface area contributed by atoms with Crippen molar-refractivity contribution in [1.82, 2.24) is 5.32 Å². The minimum atomic E-state index is -0.317. The summed E-state index contributed by atoms with van der Waals surface area (Å²) in [6.07, 6.45) is 1.90. The third kappa shape index (κ3) is 3.15. The average molecular weight is 343 g/mol. The fraction of sp³-hybridized carbons (Fsp3) is 0.421. The van der Waals surface area contributed by atoms with Crippen LogP contribution in [0.5, 0.6) is 5.75 Å². The van der Waals surface area contributed by atoms with E-state index in [1.54, 1.807) is 12.1 Å². The summed E-state index contributed by atoms with van der Waals surface area (Å²) < 4.78 is 10.9. The van der Waals surface area contributed by atoms with Gasteiger partial charge in [-0.1, -0.05) is 6.07 Å². The van der Waals surface area contributed by atoms with Crippen LogP contribution in [0.3, 0.4) is 0 Å². The largest absolute Gasteiger partial charge is 0.493 e. The predicted octanol–water partition coefficient (Wildman–Crippen LogP) is 1.95. The summed E-state index contributed by atoms with van der Waals surface area (Å²) in [7, 11) is 0. The minimum absolute atomic E-state index is 0.179. The van der Waals surface area contributed by atoms with Crippen LogP contribution in [0.15, 0.2) is 34.7 Å². The second kappa shape index (κ2) is 6.54. The molecule has 6 nitrogen and oxygen atoms in total. The summed E-state index contributed by atoms with van der Waals surface area (Å²) in [5.41, 5.74) is 2.17. The van der Waals surface area contributed by atoms with Crippen molar-refractivity contribution in [2.45, 2.75) is 38.0 Å². The van der Waals surface area contributed by atoms with Crippen molar-refractivity contribution in [3.05, 3.63) is 53.0 Å². The van der Waals surface area contributed by atoms with Crippen LogP contribution in [0.1, 0.15) is 46.3 Å². The lowest BCUT2D eigenvalue weighted by molar-refractivity contribution is 0.0232. The highest BCUT2D eigenvalue weighted by Crippen LogP contribution is 2.40. The van der Waals surface area contributed by atoms with Gasteiger partial charge in [0.05, 0.1) is 18.8 Å². The number of carbonyl (C=O) groups excluding carboxylic acids is 1. The summed E-state index contributed by atoms with van der Waals surface area (Å²) in [5.74, 6) is 1.31. The molecule has 1 aromatic heterocycles. The van der Waals surface area contributed by atoms with E-state index in [1.807, 2.05) is 12.1 Å². The molecule has 0 radical (unpaired) electrons. The maximum absolute atomic E-state index is 12.5. The smallest absolute Gasteiger partial charge is 0.287 e. The van der Waals surface area contributed by atoms with Crippen LogP contribution >= 0.6 is 0 Å². The van der Waals surface area contributed by atoms with E-state index in [-0.39, 0.29) is 36.3 Å². The maximum Gasteiger partial charge on any atom is 0.287 e. The molecule has 1 aliphatic heterocycles. The first kappa shape index (κ1) is 16.2. The highest BCUT2D eigenvalue weighted by Gasteiger charge is 2.36. The Morgan fingerprint density at radius 2 is 2.12 bits per heavy atom. The van der Waals surface area contributed by atoms with E-state index in [9.17, 15) is 9.90 Å². The maximum atomic E-state index is 12.5. The number of aliphatic hydroxyl groups excluding tert-OH is 2. The van der Waals surface area contributed by atoms with Crippen molar-refractivity contribution in [2.75, 3.05) is 6.61 Å². The van der Waals surface area contributed by atoms with E-state index in [2.05, 4.69) is 11.4 Å². The number of amides is 1. The second-order valence-electron chi connectivity index (χ2n) is 6.73. The Labute approximate surface area is 145 Å². The predicted molar refractivity (Wildman–Crippen MR) is 89.2 cm³/mol. The lowest BCUT2D eigenvalue weighted by atomic mass is 9.75. The molecule has 6 heteroatoms. The monoisotopic (exact) mass is 343 g/mol. The van der Waals surface area contributed by atoms with Gasteiger partial charge in [0, 0.05) is 6.42 Å². The van der Waals surface area contributed by atoms with Gasteiger partial charge in [-0.05, 0) is 54.2 Å². The Morgan fingerprint density at radius 3 is 2.84 bits per heavy atom. The summed E-state index contributed by atoms with van der Waals surface area (Å²) >= 11 is 0. The highest BCUT2D eigenvalue weighted by atomic mass is 16.5. The van der Waals surface area contributed by atoms with Crippen molar-refractivity contribution >= 4 is 5.91 Å². The van der Waals surface area contributed by atoms with E-state index in [0.29, 0.717) is 25.2 Å². The third-order valence-electron chi connectivity index (χ3n) is 5.02. The average Bonchev–Trinajstić information content (AvgIpc) is 3.25. The van der Waals surface area contributed by atoms with E-state index in [0.717, 1.165) is 23.3 Å². The number of hydrogen-bond donors (Lipinski definition) is 3. The number of fused-ring (bicyclic) bond motifs is 1. The molecular formula is C19H21NO5. The topological polar surface area (TPSA) is 91.9 Å². The van der Waals surface area contributed by atoms with Crippen molar-refractivity contribution < 1.29 is 24.2 Å². The van der Waals surface area contributed by atoms with Crippen LogP contribution in [0.4, 0.5) is 0 Å². The van der Waals surface area contributed by atoms with Gasteiger partial charge in [-0.25, -0.2) is 0 Å². The number of ether oxygens (including phenoxy) is 1. The number of aliphatic hydroxyl groups is 2. The number of carbonyl (C=O) groups is 1. The van der Waals surface area contributed by atoms with Gasteiger partial charge in [0.1, 0.15) is 18.1 Å². The SMILES string of the molecule is O=C(NC(c1ccc2c(c1)CCO2)C1CC(O)C1)c1ccc(CO)o1. The molecule has 1 aliphatic carbocycles. The van der Waals surface area contributed by atoms with Gasteiger partial charge in [-0.15, -0.1) is 0 Å². The molecule has 1 saturated carbocycles. The van der Waals surface area contributed by atoms with Crippen molar-refractivity contribution in [1.29, 1.82) is 0 Å². The molecule has 2 aliphatic rings. The van der Waals surface area contributed by atoms with Crippen molar-refractivity contribution in [2.24, 2.45) is 5.92 Å². The van der Waals surface area contributed by atoms with Gasteiger partial charge in [-0.2, -0.15) is 0 Å². The Morgan fingerprint density at radius 1 is 1.28 bits per heavy atom. The van der Waals surface area contributed by atoms with E-state index in [4.69, 9.17) is 14.3 Å². The molecule has 0 spiro atoms. The molecule has 3 N–H and O–H groups in total. The molecule has 0 bridgehead atoms. The van der Waals surface area contributed by atoms with Crippen LogP contribution < -0.4 is 10.1 Å². The first-order chi connectivity index (χ1) is 12.1. The molecular weight excluding hydrogens is 322 g/mol. The van der Waals surface area contributed by atoms with Gasteiger partial charge >= 0.3 is 0 Å². The zero-order chi connectivity index (χ0) is 17.4. The molecule has 0 saturated heterocycles. The molecule has 25 heavy (non-hydrogen) atoms. The standard InChI is InChI=1S/C19H21NO5/c21-10-15-2-4-17(25-15)19(23)20-18(13-8-14(22)9-13)12-1-3-16-11(7-12)5-6-24-16/h1-4,7,13-14,18,21-22H,5-6,8-10H2,(H,20,23). The summed E-state index contributed by atoms with van der Waals surface area (Å²) in [6, 6.07) is 8.96. The lowest BCUT2D eigenvalue weighted by Gasteiger charge is -2.38. The van der Waals surface area contributed by atoms with Gasteiger partial charge < -0.3 is 24.7 Å². The van der Waals surface area contributed by atoms with Crippen LogP contribution in [0.25, 0.3) is 0 Å². The Hall–Kier alpha value is -2.31. The van der Waals surface area contributed by atoms with Gasteiger partial charge in [0.2, 0.25) is 0 Å². The first-order valence-electron chi connectivity index (χ1n) is 8.58. The zero-order valence-corrected chi connectivity index (χ0v) is 13.8. The molecule has 1 amide bonds. The molecule has 1 atom stereocenters. The minimum Gasteiger partial charge on any atom is -0.493 e. The van der Waals surface area contributed by atoms with Gasteiger partial charge in [0.15, 0.2) is 5.76 Å². The number of furan rings is 1. The molecule has 1 fully saturated rings. The van der Waals surface area contributed by atoms with Crippen LogP contribution in [0, 0.1) is 5.92 Å². The second-order valence-corrected chi connectivity index (χ2v) is 6.73. The molecule has 4 rings (SSSR count). The number of rotatable bonds is 5. The van der Waals surface area contributed by atoms with Crippen molar-refractivity contribution in [3.63, 3.8) is 0 Å². The fourth-order valence-corrected chi connectivity index (χ4v) is 3.57. The first-order valence-corrected chi connectivity index (χ1v) is 8.58. The fourth-order valence-electron chi connectivity index (χ4n) is 3.57. The molecule has 2 heterocycles. The van der Waals surface area contributed by atoms with E-state index >= 15 is 0 Å². The Balaban J connectivity index is 1.57. The molecule has 1 unspecified atom stereocenters. The molecule has 132 valence electrons. The van der Waals surface area contributed by atoms with Gasteiger partial charge in [-0.3, -0.25) is 4.79 Å². The lowest BCUT2D eigenvalue weighted by Crippen LogP contribution is -2.41. The zero-order valence-electron chi connectivity index (χ0n) is 13.8. The van der Waals surface area contributed by atoms with Crippen molar-refractivity contribution in [3.8, 4) is 5.75 Å². The highest BCUT2D eigenvalue weighted by molar-refractivity contribution is 5.91. The van der Waals surface area contributed by atoms with E-state index < -0.39 is 0 Å². The quantitative estimate of drug-likeness (QED) is 0.772. The summed E-state index contributed by atoms with van der Waals surface area (Å²) in [5, 5.41) is 21.8. The Kier molecular flexibility index (Phi) is 4.23. The van der Waals surface area contributed by atoms with Crippen LogP contribution in [-0.2, 0) is 13.0 Å². The normalized spacial score (nSPS) is 22.6. The number of benzene rings is 1. The van der Waals surface area contributed by atoms with Gasteiger partial charge in [0.25, 0.3) is 5.91 Å². The molecule has 2 aromatic rings. The van der Waals surface area contributed by atoms with Crippen LogP contribution in [0.2, 0.25) is 0 Å². The summed E-state index contributed by atoms with van der Waals surface area (Å²) in [6.45, 7) is 0.449. The Bertz CT molecular complexity index is 778.